The van der Waals surface area contributed by atoms with E-state index in [1.807, 2.05) is 20.9 Å². The number of aromatic nitrogens is 2. The summed E-state index contributed by atoms with van der Waals surface area (Å²) in [5, 5.41) is 3.36. The fourth-order valence-electron chi connectivity index (χ4n) is 4.44. The van der Waals surface area contributed by atoms with Gasteiger partial charge < -0.3 is 15.1 Å². The molecule has 1 aliphatic carbocycles. The summed E-state index contributed by atoms with van der Waals surface area (Å²) in [6, 6.07) is 8.89. The molecule has 1 saturated carbocycles. The van der Waals surface area contributed by atoms with Crippen molar-refractivity contribution >= 4 is 23.4 Å². The van der Waals surface area contributed by atoms with Gasteiger partial charge in [0.25, 0.3) is 0 Å². The fraction of sp³-hybridized carbons (Fsp3) is 0.522. The lowest BCUT2D eigenvalue weighted by Crippen LogP contribution is -2.45. The average molecular weight is 394 g/mol. The van der Waals surface area contributed by atoms with Crippen LogP contribution in [0, 0.1) is 12.3 Å². The van der Waals surface area contributed by atoms with Crippen LogP contribution >= 0.6 is 0 Å². The minimum Gasteiger partial charge on any atom is -0.351 e. The number of amides is 1. The lowest BCUT2D eigenvalue weighted by Gasteiger charge is -2.34. The first-order valence-electron chi connectivity index (χ1n) is 10.6. The Kier molecular flexibility index (Phi) is 5.19. The van der Waals surface area contributed by atoms with E-state index in [0.717, 1.165) is 24.3 Å². The third-order valence-corrected chi connectivity index (χ3v) is 6.17. The minimum absolute atomic E-state index is 0.114. The van der Waals surface area contributed by atoms with E-state index in [4.69, 9.17) is 4.98 Å². The Bertz CT molecular complexity index is 887. The van der Waals surface area contributed by atoms with Crippen molar-refractivity contribution in [3.8, 4) is 0 Å². The second-order valence-corrected chi connectivity index (χ2v) is 9.06. The Morgan fingerprint density at radius 1 is 1.17 bits per heavy atom. The summed E-state index contributed by atoms with van der Waals surface area (Å²) in [5.41, 5.74) is 2.77. The van der Waals surface area contributed by atoms with Gasteiger partial charge in [-0.05, 0) is 39.2 Å². The van der Waals surface area contributed by atoms with Crippen molar-refractivity contribution in [2.75, 3.05) is 28.7 Å². The molecule has 1 aliphatic heterocycles. The number of nitrogens with zero attached hydrogens (tertiary/aromatic N) is 4. The highest BCUT2D eigenvalue weighted by Crippen LogP contribution is 2.40. The summed E-state index contributed by atoms with van der Waals surface area (Å²) in [7, 11) is 1.84. The highest BCUT2D eigenvalue weighted by molar-refractivity contribution is 6.00. The highest BCUT2D eigenvalue weighted by Gasteiger charge is 2.41. The first-order valence-corrected chi connectivity index (χ1v) is 10.6. The smallest absolute Gasteiger partial charge is 0.234 e. The molecule has 0 spiro atoms. The maximum Gasteiger partial charge on any atom is 0.234 e. The van der Waals surface area contributed by atoms with E-state index >= 15 is 0 Å². The van der Waals surface area contributed by atoms with Gasteiger partial charge in [-0.2, -0.15) is 4.98 Å². The summed E-state index contributed by atoms with van der Waals surface area (Å²) in [5.74, 6) is 1.59. The normalized spacial score (nSPS) is 19.2. The number of hydrogen-bond donors (Lipinski definition) is 1. The van der Waals surface area contributed by atoms with E-state index in [0.29, 0.717) is 25.1 Å². The number of carbonyl (C=O) groups is 1. The van der Waals surface area contributed by atoms with E-state index in [2.05, 4.69) is 46.4 Å². The molecule has 6 heteroatoms. The monoisotopic (exact) mass is 393 g/mol. The van der Waals surface area contributed by atoms with Gasteiger partial charge in [0.1, 0.15) is 5.69 Å². The SMILES string of the molecule is Cc1ccc(CNc2ncc3c(n2)N(C2CCCC2)CC(C)(C)C(=O)N3C)cc1. The molecule has 154 valence electrons. The number of carbonyl (C=O) groups excluding carboxylic acids is 1. The quantitative estimate of drug-likeness (QED) is 0.846. The van der Waals surface area contributed by atoms with Gasteiger partial charge >= 0.3 is 0 Å². The molecule has 29 heavy (non-hydrogen) atoms. The zero-order valence-electron chi connectivity index (χ0n) is 17.9. The Labute approximate surface area is 173 Å². The van der Waals surface area contributed by atoms with Crippen LogP contribution in [0.2, 0.25) is 0 Å². The van der Waals surface area contributed by atoms with Gasteiger partial charge in [0, 0.05) is 26.2 Å². The molecule has 6 nitrogen and oxygen atoms in total. The Morgan fingerprint density at radius 2 is 1.86 bits per heavy atom. The standard InChI is InChI=1S/C23H31N5O/c1-16-9-11-17(12-10-16)13-24-22-25-14-19-20(26-22)28(18-7-5-6-8-18)15-23(2,3)21(29)27(19)4/h9-12,14,18H,5-8,13,15H2,1-4H3,(H,24,25,26). The summed E-state index contributed by atoms with van der Waals surface area (Å²) in [4.78, 5) is 26.5. The van der Waals surface area contributed by atoms with Crippen LogP contribution in [-0.2, 0) is 11.3 Å². The average Bonchev–Trinajstić information content (AvgIpc) is 3.23. The van der Waals surface area contributed by atoms with Crippen molar-refractivity contribution < 1.29 is 4.79 Å². The molecule has 1 N–H and O–H groups in total. The predicted octanol–water partition coefficient (Wildman–Crippen LogP) is 4.15. The van der Waals surface area contributed by atoms with Gasteiger partial charge in [0.05, 0.1) is 11.6 Å². The lowest BCUT2D eigenvalue weighted by atomic mass is 9.91. The van der Waals surface area contributed by atoms with Crippen molar-refractivity contribution in [1.29, 1.82) is 0 Å². The third kappa shape index (κ3) is 3.93. The van der Waals surface area contributed by atoms with Gasteiger partial charge in [-0.25, -0.2) is 4.98 Å². The van der Waals surface area contributed by atoms with Gasteiger partial charge in [0.15, 0.2) is 5.82 Å². The lowest BCUT2D eigenvalue weighted by molar-refractivity contribution is -0.125. The van der Waals surface area contributed by atoms with Crippen LogP contribution in [0.25, 0.3) is 0 Å². The minimum atomic E-state index is -0.465. The summed E-state index contributed by atoms with van der Waals surface area (Å²) in [6.45, 7) is 7.50. The second kappa shape index (κ2) is 7.65. The fourth-order valence-corrected chi connectivity index (χ4v) is 4.44. The molecule has 2 aromatic rings. The summed E-state index contributed by atoms with van der Waals surface area (Å²) >= 11 is 0. The van der Waals surface area contributed by atoms with Crippen LogP contribution in [0.3, 0.4) is 0 Å². The topological polar surface area (TPSA) is 61.4 Å². The molecule has 2 heterocycles. The van der Waals surface area contributed by atoms with E-state index < -0.39 is 5.41 Å². The van der Waals surface area contributed by atoms with Crippen molar-refractivity contribution in [2.45, 2.75) is 59.0 Å². The molecule has 0 radical (unpaired) electrons. The van der Waals surface area contributed by atoms with E-state index in [1.165, 1.54) is 24.0 Å². The van der Waals surface area contributed by atoms with Crippen LogP contribution in [0.15, 0.2) is 30.5 Å². The highest BCUT2D eigenvalue weighted by atomic mass is 16.2. The number of rotatable bonds is 4. The molecule has 1 aromatic heterocycles. The van der Waals surface area contributed by atoms with Crippen LogP contribution in [0.4, 0.5) is 17.5 Å². The number of fused-ring (bicyclic) bond motifs is 1. The molecular formula is C23H31N5O. The first-order chi connectivity index (χ1) is 13.8. The summed E-state index contributed by atoms with van der Waals surface area (Å²) in [6.07, 6.45) is 6.59. The van der Waals surface area contributed by atoms with E-state index in [9.17, 15) is 4.79 Å². The molecular weight excluding hydrogens is 362 g/mol. The molecule has 1 aromatic carbocycles. The molecule has 0 bridgehead atoms. The number of nitrogens with one attached hydrogen (secondary N) is 1. The number of hydrogen-bond acceptors (Lipinski definition) is 5. The third-order valence-electron chi connectivity index (χ3n) is 6.17. The van der Waals surface area contributed by atoms with Gasteiger partial charge in [-0.3, -0.25) is 4.79 Å². The Balaban J connectivity index is 1.65. The Hall–Kier alpha value is -2.63. The molecule has 1 amide bonds. The molecule has 1 fully saturated rings. The van der Waals surface area contributed by atoms with Crippen molar-refractivity contribution in [3.05, 3.63) is 41.6 Å². The maximum atomic E-state index is 13.0. The zero-order valence-corrected chi connectivity index (χ0v) is 17.9. The van der Waals surface area contributed by atoms with E-state index in [-0.39, 0.29) is 5.91 Å². The van der Waals surface area contributed by atoms with Crippen LogP contribution in [0.5, 0.6) is 0 Å². The largest absolute Gasteiger partial charge is 0.351 e. The van der Waals surface area contributed by atoms with Gasteiger partial charge in [-0.1, -0.05) is 42.7 Å². The Morgan fingerprint density at radius 3 is 2.55 bits per heavy atom. The van der Waals surface area contributed by atoms with Crippen molar-refractivity contribution in [1.82, 2.24) is 9.97 Å². The number of benzene rings is 1. The van der Waals surface area contributed by atoms with Gasteiger partial charge in [-0.15, -0.1) is 0 Å². The predicted molar refractivity (Wildman–Crippen MR) is 117 cm³/mol. The molecule has 0 atom stereocenters. The van der Waals surface area contributed by atoms with Crippen LogP contribution in [0.1, 0.15) is 50.7 Å². The molecule has 4 rings (SSSR count). The van der Waals surface area contributed by atoms with Gasteiger partial charge in [0.2, 0.25) is 11.9 Å². The van der Waals surface area contributed by atoms with E-state index in [1.54, 1.807) is 11.1 Å². The number of aryl methyl sites for hydroxylation is 1. The van der Waals surface area contributed by atoms with Crippen molar-refractivity contribution in [2.24, 2.45) is 5.41 Å². The molecule has 0 unspecified atom stereocenters. The van der Waals surface area contributed by atoms with Crippen LogP contribution < -0.4 is 15.1 Å². The summed E-state index contributed by atoms with van der Waals surface area (Å²) < 4.78 is 0. The van der Waals surface area contributed by atoms with Crippen molar-refractivity contribution in [3.63, 3.8) is 0 Å². The maximum absolute atomic E-state index is 13.0. The zero-order chi connectivity index (χ0) is 20.6. The molecule has 2 aliphatic rings. The molecule has 0 saturated heterocycles. The number of anilines is 3. The first kappa shape index (κ1) is 19.7. The second-order valence-electron chi connectivity index (χ2n) is 9.06. The van der Waals surface area contributed by atoms with Crippen LogP contribution in [-0.4, -0.2) is 35.5 Å².